The van der Waals surface area contributed by atoms with Gasteiger partial charge in [0.2, 0.25) is 0 Å². The van der Waals surface area contributed by atoms with Crippen LogP contribution in [0.1, 0.15) is 113 Å². The van der Waals surface area contributed by atoms with Gasteiger partial charge in [-0.15, -0.1) is 0 Å². The number of hydrogen-bond acceptors (Lipinski definition) is 3. The van der Waals surface area contributed by atoms with Crippen molar-refractivity contribution in [2.45, 2.75) is 105 Å². The summed E-state index contributed by atoms with van der Waals surface area (Å²) in [5.74, 6) is 1.62. The van der Waals surface area contributed by atoms with Crippen LogP contribution in [-0.4, -0.2) is 18.7 Å². The molecule has 0 aliphatic heterocycles. The van der Waals surface area contributed by atoms with Gasteiger partial charge in [-0.1, -0.05) is 85.3 Å². The Morgan fingerprint density at radius 1 is 0.800 bits per heavy atom. The Labute approximate surface area is 216 Å². The summed E-state index contributed by atoms with van der Waals surface area (Å²) in [7, 11) is 0.0221. The third kappa shape index (κ3) is 9.60. The van der Waals surface area contributed by atoms with Crippen molar-refractivity contribution in [3.63, 3.8) is 0 Å². The second kappa shape index (κ2) is 14.6. The topological polar surface area (TPSA) is 35.5 Å². The molecule has 194 valence electrons. The smallest absolute Gasteiger partial charge is 0.186 e. The van der Waals surface area contributed by atoms with Crippen molar-refractivity contribution in [2.24, 2.45) is 0 Å². The molecular formula is C31H47O3P. The third-order valence-electron chi connectivity index (χ3n) is 6.35. The Bertz CT molecular complexity index is 920. The van der Waals surface area contributed by atoms with Gasteiger partial charge in [0.25, 0.3) is 0 Å². The van der Waals surface area contributed by atoms with Crippen molar-refractivity contribution in [3.05, 3.63) is 52.6 Å². The molecule has 0 spiro atoms. The molecule has 0 N–H and O–H groups in total. The molecular weight excluding hydrogens is 451 g/mol. The molecule has 0 bridgehead atoms. The summed E-state index contributed by atoms with van der Waals surface area (Å²) in [5, 5.41) is 0.961. The van der Waals surface area contributed by atoms with Gasteiger partial charge in [0.15, 0.2) is 5.52 Å². The summed E-state index contributed by atoms with van der Waals surface area (Å²) in [6.45, 7) is 16.6. The molecule has 0 heterocycles. The molecule has 0 aliphatic carbocycles. The lowest BCUT2D eigenvalue weighted by atomic mass is 9.84. The van der Waals surface area contributed by atoms with Crippen LogP contribution in [0.3, 0.4) is 0 Å². The zero-order valence-corrected chi connectivity index (χ0v) is 24.2. The van der Waals surface area contributed by atoms with Gasteiger partial charge in [0, 0.05) is 16.9 Å². The molecule has 0 radical (unpaired) electrons. The second-order valence-corrected chi connectivity index (χ2v) is 11.9. The first-order valence-electron chi connectivity index (χ1n) is 13.5. The molecule has 1 atom stereocenters. The molecule has 0 aromatic heterocycles. The first-order chi connectivity index (χ1) is 16.7. The minimum Gasteiger partial charge on any atom is -0.493 e. The molecule has 0 saturated heterocycles. The van der Waals surface area contributed by atoms with Gasteiger partial charge in [0.05, 0.1) is 13.2 Å². The lowest BCUT2D eigenvalue weighted by molar-refractivity contribution is 0.108. The van der Waals surface area contributed by atoms with E-state index in [2.05, 4.69) is 60.6 Å². The Kier molecular flexibility index (Phi) is 12.3. The lowest BCUT2D eigenvalue weighted by Gasteiger charge is -2.22. The Morgan fingerprint density at radius 3 is 1.91 bits per heavy atom. The van der Waals surface area contributed by atoms with E-state index in [4.69, 9.17) is 9.47 Å². The number of rotatable bonds is 15. The van der Waals surface area contributed by atoms with Crippen molar-refractivity contribution in [1.82, 2.24) is 0 Å². The van der Waals surface area contributed by atoms with E-state index in [1.165, 1.54) is 44.1 Å². The molecule has 0 saturated carbocycles. The molecule has 3 nitrogen and oxygen atoms in total. The van der Waals surface area contributed by atoms with Crippen LogP contribution in [0.4, 0.5) is 0 Å². The first-order valence-corrected chi connectivity index (χ1v) is 14.5. The maximum atomic E-state index is 13.5. The van der Waals surface area contributed by atoms with E-state index in [9.17, 15) is 4.79 Å². The van der Waals surface area contributed by atoms with Crippen LogP contribution in [0.15, 0.2) is 30.3 Å². The maximum Gasteiger partial charge on any atom is 0.186 e. The van der Waals surface area contributed by atoms with E-state index in [-0.39, 0.29) is 19.5 Å². The zero-order chi connectivity index (χ0) is 25.8. The average molecular weight is 499 g/mol. The number of unbranched alkanes of at least 4 members (excludes halogenated alkanes) is 6. The molecule has 1 unspecified atom stereocenters. The first kappa shape index (κ1) is 29.4. The zero-order valence-electron chi connectivity index (χ0n) is 23.2. The normalized spacial score (nSPS) is 11.9. The van der Waals surface area contributed by atoms with E-state index in [0.717, 1.165) is 52.9 Å². The molecule has 2 rings (SSSR count). The van der Waals surface area contributed by atoms with Gasteiger partial charge in [-0.05, 0) is 69.5 Å². The highest BCUT2D eigenvalue weighted by molar-refractivity contribution is 7.66. The summed E-state index contributed by atoms with van der Waals surface area (Å²) < 4.78 is 12.2. The van der Waals surface area contributed by atoms with Crippen LogP contribution >= 0.6 is 8.58 Å². The number of aryl methyl sites for hydroxylation is 2. The average Bonchev–Trinajstić information content (AvgIpc) is 2.79. The summed E-state index contributed by atoms with van der Waals surface area (Å²) in [4.78, 5) is 13.5. The molecule has 2 aromatic rings. The largest absolute Gasteiger partial charge is 0.493 e. The molecule has 0 fully saturated rings. The highest BCUT2D eigenvalue weighted by Crippen LogP contribution is 2.32. The van der Waals surface area contributed by atoms with Crippen molar-refractivity contribution >= 4 is 19.4 Å². The van der Waals surface area contributed by atoms with Crippen molar-refractivity contribution in [1.29, 1.82) is 0 Å². The number of hydrogen-bond donors (Lipinski definition) is 0. The summed E-state index contributed by atoms with van der Waals surface area (Å²) in [5.41, 5.74) is 4.46. The SMILES string of the molecule is CCCCCCOc1ccc(PC(=O)c2c(C)cc(C(C)(C)C)cc2C)c(OCCCCCC)c1. The van der Waals surface area contributed by atoms with Gasteiger partial charge in [-0.3, -0.25) is 4.79 Å². The molecule has 0 aliphatic rings. The number of carbonyl (C=O) groups is 1. The van der Waals surface area contributed by atoms with E-state index in [1.807, 2.05) is 18.2 Å². The molecule has 0 amide bonds. The second-order valence-electron chi connectivity index (χ2n) is 10.7. The number of benzene rings is 2. The van der Waals surface area contributed by atoms with Crippen LogP contribution < -0.4 is 14.8 Å². The fourth-order valence-corrected chi connectivity index (χ4v) is 5.38. The van der Waals surface area contributed by atoms with Gasteiger partial charge in [-0.2, -0.15) is 0 Å². The van der Waals surface area contributed by atoms with Crippen LogP contribution in [0, 0.1) is 13.8 Å². The quantitative estimate of drug-likeness (QED) is 0.182. The van der Waals surface area contributed by atoms with Crippen LogP contribution in [0.2, 0.25) is 0 Å². The predicted molar refractivity (Wildman–Crippen MR) is 153 cm³/mol. The Hall–Kier alpha value is -1.86. The fraction of sp³-hybridized carbons (Fsp3) is 0.581. The predicted octanol–water partition coefficient (Wildman–Crippen LogP) is 8.66. The monoisotopic (exact) mass is 498 g/mol. The minimum atomic E-state index is 0.0221. The third-order valence-corrected chi connectivity index (χ3v) is 7.51. The summed E-state index contributed by atoms with van der Waals surface area (Å²) in [6, 6.07) is 10.3. The summed E-state index contributed by atoms with van der Waals surface area (Å²) >= 11 is 0. The maximum absolute atomic E-state index is 13.5. The summed E-state index contributed by atoms with van der Waals surface area (Å²) in [6.07, 6.45) is 9.34. The Morgan fingerprint density at radius 2 is 1.37 bits per heavy atom. The number of carbonyl (C=O) groups excluding carboxylic acids is 1. The van der Waals surface area contributed by atoms with Gasteiger partial charge in [0.1, 0.15) is 11.5 Å². The van der Waals surface area contributed by atoms with E-state index >= 15 is 0 Å². The van der Waals surface area contributed by atoms with Gasteiger partial charge in [-0.25, -0.2) is 0 Å². The standard InChI is InChI=1S/C31H47O3P/c1-8-10-12-14-18-33-26-16-17-28(27(22-26)34-19-15-13-11-9-2)35-30(32)29-23(3)20-25(21-24(29)4)31(5,6)7/h16-17,20-22,35H,8-15,18-19H2,1-7H3. The number of ether oxygens (including phenoxy) is 2. The van der Waals surface area contributed by atoms with Crippen LogP contribution in [0.25, 0.3) is 0 Å². The Balaban J connectivity index is 2.19. The molecule has 4 heteroatoms. The van der Waals surface area contributed by atoms with Crippen LogP contribution in [0.5, 0.6) is 11.5 Å². The van der Waals surface area contributed by atoms with E-state index < -0.39 is 0 Å². The molecule has 2 aromatic carbocycles. The molecule has 35 heavy (non-hydrogen) atoms. The highest BCUT2D eigenvalue weighted by Gasteiger charge is 2.20. The minimum absolute atomic E-state index is 0.0221. The van der Waals surface area contributed by atoms with Gasteiger partial charge < -0.3 is 9.47 Å². The van der Waals surface area contributed by atoms with Crippen LogP contribution in [-0.2, 0) is 5.41 Å². The highest BCUT2D eigenvalue weighted by atomic mass is 31.1. The van der Waals surface area contributed by atoms with Crippen molar-refractivity contribution in [2.75, 3.05) is 13.2 Å². The lowest BCUT2D eigenvalue weighted by Crippen LogP contribution is -2.14. The fourth-order valence-electron chi connectivity index (χ4n) is 4.18. The van der Waals surface area contributed by atoms with Gasteiger partial charge >= 0.3 is 0 Å². The van der Waals surface area contributed by atoms with E-state index in [0.29, 0.717) is 6.61 Å². The van der Waals surface area contributed by atoms with Crippen molar-refractivity contribution < 1.29 is 14.3 Å². The van der Waals surface area contributed by atoms with Crippen molar-refractivity contribution in [3.8, 4) is 11.5 Å². The van der Waals surface area contributed by atoms with E-state index in [1.54, 1.807) is 0 Å².